The van der Waals surface area contributed by atoms with Gasteiger partial charge in [0.05, 0.1) is 6.61 Å². The highest BCUT2D eigenvalue weighted by atomic mass is 16.5. The number of hydrogen-bond acceptors (Lipinski definition) is 5. The van der Waals surface area contributed by atoms with Crippen LogP contribution in [0.4, 0.5) is 0 Å². The molecule has 0 spiro atoms. The number of piperazine rings is 1. The Labute approximate surface area is 145 Å². The number of amides is 1. The van der Waals surface area contributed by atoms with Crippen LogP contribution in [0.2, 0.25) is 0 Å². The Hall–Kier alpha value is -1.47. The molecule has 1 aromatic rings. The van der Waals surface area contributed by atoms with E-state index in [1.165, 1.54) is 5.56 Å². The molecular formula is C18H30N4O2. The van der Waals surface area contributed by atoms with Gasteiger partial charge < -0.3 is 20.3 Å². The van der Waals surface area contributed by atoms with Gasteiger partial charge in [0, 0.05) is 65.0 Å². The molecule has 1 aliphatic rings. The quantitative estimate of drug-likeness (QED) is 0.640. The molecule has 6 heteroatoms. The summed E-state index contributed by atoms with van der Waals surface area (Å²) in [6.07, 6.45) is 0. The standard InChI is InChI=1S/C18H30N4O2/c1-21-9-11-22(12-10-21)15-16-4-3-5-17(14-16)18(23)20-7-6-19-8-13-24-2/h3-5,14,19H,6-13,15H2,1-2H3,(H,20,23). The molecule has 24 heavy (non-hydrogen) atoms. The van der Waals surface area contributed by atoms with Gasteiger partial charge in [-0.15, -0.1) is 0 Å². The smallest absolute Gasteiger partial charge is 0.251 e. The zero-order chi connectivity index (χ0) is 17.2. The van der Waals surface area contributed by atoms with Gasteiger partial charge >= 0.3 is 0 Å². The lowest BCUT2D eigenvalue weighted by Crippen LogP contribution is -2.43. The van der Waals surface area contributed by atoms with E-state index in [0.717, 1.165) is 51.4 Å². The Balaban J connectivity index is 1.75. The first kappa shape index (κ1) is 18.9. The zero-order valence-corrected chi connectivity index (χ0v) is 14.9. The summed E-state index contributed by atoms with van der Waals surface area (Å²) in [5.74, 6) is -0.0104. The molecule has 6 nitrogen and oxygen atoms in total. The lowest BCUT2D eigenvalue weighted by molar-refractivity contribution is 0.0953. The molecule has 0 saturated carbocycles. The normalized spacial score (nSPS) is 16.2. The van der Waals surface area contributed by atoms with Crippen molar-refractivity contribution >= 4 is 5.91 Å². The molecule has 0 aromatic heterocycles. The van der Waals surface area contributed by atoms with E-state index in [9.17, 15) is 4.79 Å². The van der Waals surface area contributed by atoms with E-state index in [0.29, 0.717) is 13.2 Å². The van der Waals surface area contributed by atoms with Gasteiger partial charge in [0.2, 0.25) is 0 Å². The molecule has 0 unspecified atom stereocenters. The van der Waals surface area contributed by atoms with Gasteiger partial charge in [0.25, 0.3) is 5.91 Å². The predicted octanol–water partition coefficient (Wildman–Crippen LogP) is 0.400. The van der Waals surface area contributed by atoms with Crippen molar-refractivity contribution in [2.45, 2.75) is 6.54 Å². The molecule has 1 fully saturated rings. The number of rotatable bonds is 9. The molecular weight excluding hydrogens is 304 g/mol. The number of methoxy groups -OCH3 is 1. The minimum atomic E-state index is -0.0104. The van der Waals surface area contributed by atoms with Gasteiger partial charge in [-0.25, -0.2) is 0 Å². The van der Waals surface area contributed by atoms with Gasteiger partial charge in [0.15, 0.2) is 0 Å². The van der Waals surface area contributed by atoms with E-state index in [2.05, 4.69) is 33.5 Å². The number of hydrogen-bond donors (Lipinski definition) is 2. The van der Waals surface area contributed by atoms with Crippen molar-refractivity contribution in [1.29, 1.82) is 0 Å². The molecule has 1 aromatic carbocycles. The molecule has 1 saturated heterocycles. The topological polar surface area (TPSA) is 56.8 Å². The van der Waals surface area contributed by atoms with Crippen LogP contribution in [0.1, 0.15) is 15.9 Å². The Morgan fingerprint density at radius 2 is 1.96 bits per heavy atom. The van der Waals surface area contributed by atoms with E-state index >= 15 is 0 Å². The van der Waals surface area contributed by atoms with Gasteiger partial charge in [-0.2, -0.15) is 0 Å². The highest BCUT2D eigenvalue weighted by molar-refractivity contribution is 5.94. The molecule has 2 rings (SSSR count). The summed E-state index contributed by atoms with van der Waals surface area (Å²) in [4.78, 5) is 17.0. The molecule has 134 valence electrons. The number of likely N-dealkylation sites (N-methyl/N-ethyl adjacent to an activating group) is 1. The summed E-state index contributed by atoms with van der Waals surface area (Å²) >= 11 is 0. The Morgan fingerprint density at radius 1 is 1.17 bits per heavy atom. The van der Waals surface area contributed by atoms with E-state index in [-0.39, 0.29) is 5.91 Å². The summed E-state index contributed by atoms with van der Waals surface area (Å²) in [5.41, 5.74) is 1.93. The van der Waals surface area contributed by atoms with E-state index in [1.54, 1.807) is 7.11 Å². The minimum Gasteiger partial charge on any atom is -0.383 e. The number of nitrogens with one attached hydrogen (secondary N) is 2. The van der Waals surface area contributed by atoms with Crippen LogP contribution in [0.5, 0.6) is 0 Å². The summed E-state index contributed by atoms with van der Waals surface area (Å²) in [5, 5.41) is 6.16. The lowest BCUT2D eigenvalue weighted by Gasteiger charge is -2.32. The SMILES string of the molecule is COCCNCCNC(=O)c1cccc(CN2CCN(C)CC2)c1. The number of carbonyl (C=O) groups is 1. The molecule has 2 N–H and O–H groups in total. The lowest BCUT2D eigenvalue weighted by atomic mass is 10.1. The van der Waals surface area contributed by atoms with Crippen molar-refractivity contribution in [3.63, 3.8) is 0 Å². The number of nitrogens with zero attached hydrogens (tertiary/aromatic N) is 2. The summed E-state index contributed by atoms with van der Waals surface area (Å²) in [7, 11) is 3.84. The molecule has 0 atom stereocenters. The maximum atomic E-state index is 12.2. The fourth-order valence-corrected chi connectivity index (χ4v) is 2.74. The minimum absolute atomic E-state index is 0.0104. The van der Waals surface area contributed by atoms with Crippen LogP contribution in [0, 0.1) is 0 Å². The second-order valence-electron chi connectivity index (χ2n) is 6.28. The molecule has 0 aliphatic carbocycles. The second kappa shape index (κ2) is 10.4. The molecule has 1 amide bonds. The largest absolute Gasteiger partial charge is 0.383 e. The average Bonchev–Trinajstić information content (AvgIpc) is 2.60. The van der Waals surface area contributed by atoms with Gasteiger partial charge in [-0.05, 0) is 24.7 Å². The van der Waals surface area contributed by atoms with Crippen LogP contribution in [-0.2, 0) is 11.3 Å². The number of carbonyl (C=O) groups excluding carboxylic acids is 1. The van der Waals surface area contributed by atoms with Crippen molar-refractivity contribution in [3.8, 4) is 0 Å². The maximum absolute atomic E-state index is 12.2. The van der Waals surface area contributed by atoms with Crippen LogP contribution >= 0.6 is 0 Å². The third-order valence-corrected chi connectivity index (χ3v) is 4.26. The Morgan fingerprint density at radius 3 is 2.71 bits per heavy atom. The van der Waals surface area contributed by atoms with Gasteiger partial charge in [-0.3, -0.25) is 9.69 Å². The fraction of sp³-hybridized carbons (Fsp3) is 0.611. The first-order chi connectivity index (χ1) is 11.7. The average molecular weight is 334 g/mol. The molecule has 0 radical (unpaired) electrons. The summed E-state index contributed by atoms with van der Waals surface area (Å²) in [6, 6.07) is 7.95. The first-order valence-electron chi connectivity index (χ1n) is 8.66. The van der Waals surface area contributed by atoms with Crippen molar-refractivity contribution < 1.29 is 9.53 Å². The van der Waals surface area contributed by atoms with Crippen molar-refractivity contribution in [3.05, 3.63) is 35.4 Å². The third kappa shape index (κ3) is 6.57. The first-order valence-corrected chi connectivity index (χ1v) is 8.66. The van der Waals surface area contributed by atoms with Gasteiger partial charge in [-0.1, -0.05) is 12.1 Å². The predicted molar refractivity (Wildman–Crippen MR) is 96.3 cm³/mol. The van der Waals surface area contributed by atoms with Crippen molar-refractivity contribution in [1.82, 2.24) is 20.4 Å². The Bertz CT molecular complexity index is 502. The van der Waals surface area contributed by atoms with Crippen LogP contribution in [0.25, 0.3) is 0 Å². The fourth-order valence-electron chi connectivity index (χ4n) is 2.74. The van der Waals surface area contributed by atoms with Crippen LogP contribution in [-0.4, -0.2) is 82.3 Å². The maximum Gasteiger partial charge on any atom is 0.251 e. The summed E-state index contributed by atoms with van der Waals surface area (Å²) in [6.45, 7) is 8.14. The highest BCUT2D eigenvalue weighted by Crippen LogP contribution is 2.10. The summed E-state index contributed by atoms with van der Waals surface area (Å²) < 4.78 is 4.96. The van der Waals surface area contributed by atoms with E-state index in [4.69, 9.17) is 4.74 Å². The molecule has 0 bridgehead atoms. The molecule has 1 aliphatic heterocycles. The zero-order valence-electron chi connectivity index (χ0n) is 14.9. The monoisotopic (exact) mass is 334 g/mol. The van der Waals surface area contributed by atoms with Gasteiger partial charge in [0.1, 0.15) is 0 Å². The Kier molecular flexibility index (Phi) is 8.18. The number of ether oxygens (including phenoxy) is 1. The van der Waals surface area contributed by atoms with Crippen LogP contribution in [0.3, 0.4) is 0 Å². The van der Waals surface area contributed by atoms with E-state index in [1.807, 2.05) is 18.2 Å². The van der Waals surface area contributed by atoms with Crippen molar-refractivity contribution in [2.24, 2.45) is 0 Å². The number of benzene rings is 1. The van der Waals surface area contributed by atoms with Crippen LogP contribution < -0.4 is 10.6 Å². The molecule has 1 heterocycles. The third-order valence-electron chi connectivity index (χ3n) is 4.26. The van der Waals surface area contributed by atoms with E-state index < -0.39 is 0 Å². The van der Waals surface area contributed by atoms with Crippen molar-refractivity contribution in [2.75, 3.05) is 66.6 Å². The van der Waals surface area contributed by atoms with Crippen LogP contribution in [0.15, 0.2) is 24.3 Å². The highest BCUT2D eigenvalue weighted by Gasteiger charge is 2.14. The second-order valence-corrected chi connectivity index (χ2v) is 6.28.